The van der Waals surface area contributed by atoms with Gasteiger partial charge in [0.2, 0.25) is 0 Å². The lowest BCUT2D eigenvalue weighted by atomic mass is 10.0. The first-order valence-corrected chi connectivity index (χ1v) is 11.5. The molecule has 166 valence electrons. The summed E-state index contributed by atoms with van der Waals surface area (Å²) in [5.74, 6) is 0. The SMILES string of the molecule is Nc1ccc(CCN2CCNCC2CCCc2c[nH]c3ccc(-n4cnnc4)cc23)cc1. The van der Waals surface area contributed by atoms with E-state index in [0.717, 1.165) is 50.4 Å². The summed E-state index contributed by atoms with van der Waals surface area (Å²) in [6, 6.07) is 15.4. The van der Waals surface area contributed by atoms with Crippen molar-refractivity contribution >= 4 is 16.6 Å². The van der Waals surface area contributed by atoms with Gasteiger partial charge in [-0.25, -0.2) is 0 Å². The van der Waals surface area contributed by atoms with Crippen molar-refractivity contribution in [2.75, 3.05) is 31.9 Å². The zero-order chi connectivity index (χ0) is 21.8. The van der Waals surface area contributed by atoms with Crippen LogP contribution in [0.2, 0.25) is 0 Å². The van der Waals surface area contributed by atoms with Gasteiger partial charge in [-0.15, -0.1) is 10.2 Å². The predicted octanol–water partition coefficient (Wildman–Crippen LogP) is 3.17. The monoisotopic (exact) mass is 429 g/mol. The number of hydrogen-bond donors (Lipinski definition) is 3. The van der Waals surface area contributed by atoms with Gasteiger partial charge < -0.3 is 16.0 Å². The van der Waals surface area contributed by atoms with Gasteiger partial charge in [0.05, 0.1) is 0 Å². The number of aromatic amines is 1. The summed E-state index contributed by atoms with van der Waals surface area (Å²) in [5, 5.41) is 12.7. The molecule has 0 radical (unpaired) electrons. The number of fused-ring (bicyclic) bond motifs is 1. The van der Waals surface area contributed by atoms with Crippen LogP contribution in [0.4, 0.5) is 5.69 Å². The fraction of sp³-hybridized carbons (Fsp3) is 0.360. The van der Waals surface area contributed by atoms with Gasteiger partial charge >= 0.3 is 0 Å². The lowest BCUT2D eigenvalue weighted by Gasteiger charge is -2.36. The van der Waals surface area contributed by atoms with Crippen LogP contribution in [0.25, 0.3) is 16.6 Å². The maximum atomic E-state index is 5.82. The summed E-state index contributed by atoms with van der Waals surface area (Å²) in [6.45, 7) is 4.38. The largest absolute Gasteiger partial charge is 0.399 e. The van der Waals surface area contributed by atoms with Crippen LogP contribution < -0.4 is 11.1 Å². The standard InChI is InChI=1S/C25H31N7/c26-21-6-4-19(5-7-21)10-12-31-13-11-27-16-23(31)3-1-2-20-15-28-25-9-8-22(14-24(20)25)32-17-29-30-18-32/h4-9,14-15,17-18,23,27-28H,1-3,10-13,16,26H2. The molecule has 1 unspecified atom stereocenters. The summed E-state index contributed by atoms with van der Waals surface area (Å²) < 4.78 is 1.95. The Morgan fingerprint density at radius 2 is 1.88 bits per heavy atom. The molecule has 1 aliphatic heterocycles. The van der Waals surface area contributed by atoms with Crippen LogP contribution in [0.1, 0.15) is 24.0 Å². The number of nitrogens with zero attached hydrogens (tertiary/aromatic N) is 4. The lowest BCUT2D eigenvalue weighted by molar-refractivity contribution is 0.153. The Labute approximate surface area is 188 Å². The second-order valence-corrected chi connectivity index (χ2v) is 8.69. The van der Waals surface area contributed by atoms with Gasteiger partial charge in [0.1, 0.15) is 12.7 Å². The molecule has 3 heterocycles. The van der Waals surface area contributed by atoms with Crippen LogP contribution in [0, 0.1) is 0 Å². The molecule has 0 aliphatic carbocycles. The van der Waals surface area contributed by atoms with Crippen LogP contribution in [-0.4, -0.2) is 56.9 Å². The van der Waals surface area contributed by atoms with E-state index in [9.17, 15) is 0 Å². The molecule has 7 heteroatoms. The molecule has 1 atom stereocenters. The Kier molecular flexibility index (Phi) is 6.18. The molecular weight excluding hydrogens is 398 g/mol. The summed E-state index contributed by atoms with van der Waals surface area (Å²) in [7, 11) is 0. The summed E-state index contributed by atoms with van der Waals surface area (Å²) in [6.07, 6.45) is 10.2. The highest BCUT2D eigenvalue weighted by atomic mass is 15.2. The zero-order valence-electron chi connectivity index (χ0n) is 18.4. The van der Waals surface area contributed by atoms with Gasteiger partial charge in [-0.1, -0.05) is 12.1 Å². The van der Waals surface area contributed by atoms with Crippen LogP contribution in [-0.2, 0) is 12.8 Å². The first-order chi connectivity index (χ1) is 15.8. The molecule has 1 saturated heterocycles. The van der Waals surface area contributed by atoms with Crippen LogP contribution in [0.5, 0.6) is 0 Å². The van der Waals surface area contributed by atoms with Gasteiger partial charge in [-0.3, -0.25) is 9.47 Å². The molecule has 2 aromatic carbocycles. The molecule has 4 N–H and O–H groups in total. The summed E-state index contributed by atoms with van der Waals surface area (Å²) in [5.41, 5.74) is 11.7. The number of nitrogens with one attached hydrogen (secondary N) is 2. The minimum atomic E-state index is 0.593. The normalized spacial score (nSPS) is 17.2. The third kappa shape index (κ3) is 4.69. The van der Waals surface area contributed by atoms with Gasteiger partial charge in [-0.05, 0) is 67.1 Å². The molecule has 7 nitrogen and oxygen atoms in total. The zero-order valence-corrected chi connectivity index (χ0v) is 18.4. The molecule has 32 heavy (non-hydrogen) atoms. The van der Waals surface area contributed by atoms with E-state index in [1.807, 2.05) is 16.7 Å². The minimum absolute atomic E-state index is 0.593. The van der Waals surface area contributed by atoms with Gasteiger partial charge in [-0.2, -0.15) is 0 Å². The molecule has 4 aromatic rings. The highest BCUT2D eigenvalue weighted by Crippen LogP contribution is 2.24. The first kappa shape index (κ1) is 20.7. The highest BCUT2D eigenvalue weighted by Gasteiger charge is 2.21. The van der Waals surface area contributed by atoms with E-state index in [4.69, 9.17) is 5.73 Å². The second kappa shape index (κ2) is 9.54. The lowest BCUT2D eigenvalue weighted by Crippen LogP contribution is -2.51. The minimum Gasteiger partial charge on any atom is -0.399 e. The van der Waals surface area contributed by atoms with E-state index in [1.165, 1.54) is 34.9 Å². The number of piperazine rings is 1. The van der Waals surface area contributed by atoms with Crippen molar-refractivity contribution in [1.29, 1.82) is 0 Å². The number of rotatable bonds is 8. The fourth-order valence-electron chi connectivity index (χ4n) is 4.74. The Morgan fingerprint density at radius 3 is 2.72 bits per heavy atom. The van der Waals surface area contributed by atoms with Crippen LogP contribution in [0.3, 0.4) is 0 Å². The molecule has 5 rings (SSSR count). The van der Waals surface area contributed by atoms with Gasteiger partial charge in [0.15, 0.2) is 0 Å². The summed E-state index contributed by atoms with van der Waals surface area (Å²) in [4.78, 5) is 6.09. The number of hydrogen-bond acceptors (Lipinski definition) is 5. The Balaban J connectivity index is 1.19. The smallest absolute Gasteiger partial charge is 0.123 e. The van der Waals surface area contributed by atoms with E-state index in [-0.39, 0.29) is 0 Å². The molecule has 0 bridgehead atoms. The number of nitrogens with two attached hydrogens (primary N) is 1. The molecular formula is C25H31N7. The fourth-order valence-corrected chi connectivity index (χ4v) is 4.74. The number of aromatic nitrogens is 4. The van der Waals surface area contributed by atoms with Crippen LogP contribution >= 0.6 is 0 Å². The van der Waals surface area contributed by atoms with E-state index in [1.54, 1.807) is 12.7 Å². The van der Waals surface area contributed by atoms with Crippen molar-refractivity contribution in [1.82, 2.24) is 30.0 Å². The highest BCUT2D eigenvalue weighted by molar-refractivity contribution is 5.85. The van der Waals surface area contributed by atoms with Crippen molar-refractivity contribution in [2.24, 2.45) is 0 Å². The average Bonchev–Trinajstić information content (AvgIpc) is 3.50. The molecule has 2 aromatic heterocycles. The number of H-pyrrole nitrogens is 1. The van der Waals surface area contributed by atoms with Gasteiger partial charge in [0, 0.05) is 60.7 Å². The molecule has 0 saturated carbocycles. The van der Waals surface area contributed by atoms with E-state index < -0.39 is 0 Å². The van der Waals surface area contributed by atoms with Crippen LogP contribution in [0.15, 0.2) is 61.3 Å². The molecule has 1 aliphatic rings. The third-order valence-corrected chi connectivity index (χ3v) is 6.59. The molecule has 1 fully saturated rings. The third-order valence-electron chi connectivity index (χ3n) is 6.59. The number of anilines is 1. The Bertz CT molecular complexity index is 1130. The van der Waals surface area contributed by atoms with Crippen molar-refractivity contribution in [2.45, 2.75) is 31.7 Å². The summed E-state index contributed by atoms with van der Waals surface area (Å²) >= 11 is 0. The number of aryl methyl sites for hydroxylation is 1. The maximum absolute atomic E-state index is 5.82. The molecule has 0 spiro atoms. The van der Waals surface area contributed by atoms with E-state index in [0.29, 0.717) is 6.04 Å². The predicted molar refractivity (Wildman–Crippen MR) is 129 cm³/mol. The first-order valence-electron chi connectivity index (χ1n) is 11.5. The Morgan fingerprint density at radius 1 is 1.03 bits per heavy atom. The number of benzene rings is 2. The molecule has 0 amide bonds. The second-order valence-electron chi connectivity index (χ2n) is 8.69. The topological polar surface area (TPSA) is 87.8 Å². The van der Waals surface area contributed by atoms with Crippen molar-refractivity contribution in [3.8, 4) is 5.69 Å². The number of nitrogen functional groups attached to an aromatic ring is 1. The van der Waals surface area contributed by atoms with Gasteiger partial charge in [0.25, 0.3) is 0 Å². The van der Waals surface area contributed by atoms with E-state index >= 15 is 0 Å². The van der Waals surface area contributed by atoms with Crippen molar-refractivity contribution in [3.63, 3.8) is 0 Å². The quantitative estimate of drug-likeness (QED) is 0.375. The van der Waals surface area contributed by atoms with Crippen molar-refractivity contribution < 1.29 is 0 Å². The van der Waals surface area contributed by atoms with E-state index in [2.05, 4.69) is 61.9 Å². The van der Waals surface area contributed by atoms with Crippen molar-refractivity contribution in [3.05, 3.63) is 72.4 Å². The average molecular weight is 430 g/mol. The maximum Gasteiger partial charge on any atom is 0.123 e. The Hall–Kier alpha value is -3.16.